The second-order valence-electron chi connectivity index (χ2n) is 6.76. The minimum atomic E-state index is 0.665. The first-order valence-electron chi connectivity index (χ1n) is 9.02. The molecule has 2 heterocycles. The van der Waals surface area contributed by atoms with E-state index in [0.717, 1.165) is 40.5 Å². The molecule has 0 atom stereocenters. The van der Waals surface area contributed by atoms with Crippen LogP contribution in [0, 0.1) is 25.2 Å². The fourth-order valence-corrected chi connectivity index (χ4v) is 4.79. The lowest BCUT2D eigenvalue weighted by Gasteiger charge is -2.09. The summed E-state index contributed by atoms with van der Waals surface area (Å²) in [6, 6.07) is 14.8. The fraction of sp³-hybridized carbons (Fsp3) is 0.273. The predicted molar refractivity (Wildman–Crippen MR) is 107 cm³/mol. The van der Waals surface area contributed by atoms with Gasteiger partial charge in [-0.2, -0.15) is 5.26 Å². The smallest absolute Gasteiger partial charge is 0.134 e. The normalized spacial score (nSPS) is 14.1. The molecule has 3 nitrogen and oxygen atoms in total. The van der Waals surface area contributed by atoms with Crippen molar-refractivity contribution in [2.45, 2.75) is 39.5 Å². The number of rotatable bonds is 3. The van der Waals surface area contributed by atoms with E-state index >= 15 is 0 Å². The van der Waals surface area contributed by atoms with Crippen molar-refractivity contribution in [2.75, 3.05) is 0 Å². The molecule has 0 saturated carbocycles. The Kier molecular flexibility index (Phi) is 4.48. The van der Waals surface area contributed by atoms with E-state index in [9.17, 15) is 5.26 Å². The molecule has 2 aromatic heterocycles. The van der Waals surface area contributed by atoms with Crippen molar-refractivity contribution in [3.05, 3.63) is 68.9 Å². The summed E-state index contributed by atoms with van der Waals surface area (Å²) in [5.41, 5.74) is 6.39. The van der Waals surface area contributed by atoms with Crippen LogP contribution < -0.4 is 0 Å². The van der Waals surface area contributed by atoms with Crippen LogP contribution in [-0.4, -0.2) is 9.55 Å². The average Bonchev–Trinajstić information content (AvgIpc) is 3.21. The van der Waals surface area contributed by atoms with Gasteiger partial charge < -0.3 is 4.57 Å². The summed E-state index contributed by atoms with van der Waals surface area (Å²) in [5.74, 6) is 0. The van der Waals surface area contributed by atoms with Crippen LogP contribution in [0.15, 0.2) is 36.4 Å². The van der Waals surface area contributed by atoms with Gasteiger partial charge in [-0.15, -0.1) is 11.3 Å². The second kappa shape index (κ2) is 6.93. The number of fused-ring (bicyclic) bond motifs is 1. The summed E-state index contributed by atoms with van der Waals surface area (Å²) >= 11 is 1.69. The first kappa shape index (κ1) is 16.8. The van der Waals surface area contributed by atoms with E-state index in [1.807, 2.05) is 24.3 Å². The summed E-state index contributed by atoms with van der Waals surface area (Å²) in [4.78, 5) is 6.12. The molecule has 0 N–H and O–H groups in total. The predicted octanol–water partition coefficient (Wildman–Crippen LogP) is 5.49. The quantitative estimate of drug-likeness (QED) is 0.580. The maximum absolute atomic E-state index is 9.73. The fourth-order valence-electron chi connectivity index (χ4n) is 3.67. The Morgan fingerprint density at radius 3 is 2.69 bits per heavy atom. The molecule has 4 heteroatoms. The third-order valence-corrected chi connectivity index (χ3v) is 6.17. The van der Waals surface area contributed by atoms with Crippen LogP contribution >= 0.6 is 11.3 Å². The molecule has 130 valence electrons. The first-order chi connectivity index (χ1) is 12.7. The zero-order chi connectivity index (χ0) is 18.1. The molecule has 3 aromatic rings. The average molecular weight is 359 g/mol. The Morgan fingerprint density at radius 1 is 1.19 bits per heavy atom. The molecule has 0 saturated heterocycles. The third kappa shape index (κ3) is 3.00. The zero-order valence-corrected chi connectivity index (χ0v) is 15.9. The monoisotopic (exact) mass is 359 g/mol. The van der Waals surface area contributed by atoms with Gasteiger partial charge in [0.2, 0.25) is 0 Å². The van der Waals surface area contributed by atoms with Gasteiger partial charge >= 0.3 is 0 Å². The van der Waals surface area contributed by atoms with Crippen LogP contribution in [0.4, 0.5) is 0 Å². The Bertz CT molecular complexity index is 992. The van der Waals surface area contributed by atoms with E-state index in [0.29, 0.717) is 5.57 Å². The van der Waals surface area contributed by atoms with Gasteiger partial charge in [0.25, 0.3) is 0 Å². The van der Waals surface area contributed by atoms with Gasteiger partial charge in [-0.05, 0) is 69.4 Å². The summed E-state index contributed by atoms with van der Waals surface area (Å²) in [6.07, 6.45) is 6.59. The lowest BCUT2D eigenvalue weighted by molar-refractivity contribution is 0.682. The highest BCUT2D eigenvalue weighted by atomic mass is 32.1. The van der Waals surface area contributed by atoms with E-state index in [4.69, 9.17) is 4.98 Å². The van der Waals surface area contributed by atoms with Crippen molar-refractivity contribution in [1.82, 2.24) is 9.55 Å². The van der Waals surface area contributed by atoms with E-state index in [2.05, 4.69) is 42.7 Å². The molecule has 4 rings (SSSR count). The number of hydrogen-bond donors (Lipinski definition) is 0. The van der Waals surface area contributed by atoms with Crippen molar-refractivity contribution in [3.63, 3.8) is 0 Å². The van der Waals surface area contributed by atoms with Crippen molar-refractivity contribution in [3.8, 4) is 11.8 Å². The number of nitrogens with zero attached hydrogens (tertiary/aromatic N) is 3. The summed E-state index contributed by atoms with van der Waals surface area (Å²) in [7, 11) is 0. The lowest BCUT2D eigenvalue weighted by Crippen LogP contribution is -1.99. The van der Waals surface area contributed by atoms with Crippen LogP contribution in [0.25, 0.3) is 17.3 Å². The minimum absolute atomic E-state index is 0.665. The van der Waals surface area contributed by atoms with Gasteiger partial charge in [0.05, 0.1) is 11.3 Å². The van der Waals surface area contributed by atoms with Crippen molar-refractivity contribution < 1.29 is 0 Å². The largest absolute Gasteiger partial charge is 0.318 e. The number of nitriles is 1. The zero-order valence-electron chi connectivity index (χ0n) is 15.1. The van der Waals surface area contributed by atoms with E-state index in [-0.39, 0.29) is 0 Å². The minimum Gasteiger partial charge on any atom is -0.318 e. The highest BCUT2D eigenvalue weighted by Gasteiger charge is 2.18. The van der Waals surface area contributed by atoms with Crippen LogP contribution in [0.1, 0.15) is 45.4 Å². The van der Waals surface area contributed by atoms with Gasteiger partial charge in [-0.3, -0.25) is 0 Å². The Balaban J connectivity index is 1.75. The number of benzene rings is 1. The molecule has 26 heavy (non-hydrogen) atoms. The molecule has 1 aliphatic carbocycles. The number of aromatic nitrogens is 2. The van der Waals surface area contributed by atoms with Crippen molar-refractivity contribution in [2.24, 2.45) is 0 Å². The Labute approximate surface area is 158 Å². The molecule has 0 unspecified atom stereocenters. The highest BCUT2D eigenvalue weighted by Crippen LogP contribution is 2.32. The molecule has 1 aromatic carbocycles. The number of aryl methyl sites for hydroxylation is 3. The highest BCUT2D eigenvalue weighted by molar-refractivity contribution is 7.13. The van der Waals surface area contributed by atoms with Gasteiger partial charge in [-0.25, -0.2) is 4.98 Å². The Morgan fingerprint density at radius 2 is 1.96 bits per heavy atom. The molecular weight excluding hydrogens is 338 g/mol. The summed E-state index contributed by atoms with van der Waals surface area (Å²) in [6.45, 7) is 4.21. The molecule has 0 bridgehead atoms. The summed E-state index contributed by atoms with van der Waals surface area (Å²) in [5, 5.41) is 10.6. The van der Waals surface area contributed by atoms with Gasteiger partial charge in [0.15, 0.2) is 0 Å². The summed E-state index contributed by atoms with van der Waals surface area (Å²) < 4.78 is 2.23. The van der Waals surface area contributed by atoms with Gasteiger partial charge in [0, 0.05) is 22.0 Å². The van der Waals surface area contributed by atoms with Crippen LogP contribution in [0.5, 0.6) is 0 Å². The lowest BCUT2D eigenvalue weighted by atomic mass is 10.0. The molecule has 0 aliphatic heterocycles. The van der Waals surface area contributed by atoms with E-state index in [1.54, 1.807) is 11.3 Å². The number of allylic oxidation sites excluding steroid dienone is 1. The Hall–Kier alpha value is -2.64. The molecule has 1 aliphatic rings. The van der Waals surface area contributed by atoms with Crippen LogP contribution in [-0.2, 0) is 12.8 Å². The van der Waals surface area contributed by atoms with Crippen molar-refractivity contribution >= 4 is 23.0 Å². The maximum atomic E-state index is 9.73. The SMILES string of the molecule is Cc1cc(/C=C(\C#N)c2nc3c(s2)CCCC3)c(C)n1-c1ccccc1. The third-order valence-electron chi connectivity index (χ3n) is 4.98. The second-order valence-corrected chi connectivity index (χ2v) is 7.85. The number of hydrogen-bond acceptors (Lipinski definition) is 3. The maximum Gasteiger partial charge on any atom is 0.134 e. The molecule has 0 spiro atoms. The number of para-hydroxylation sites is 1. The van der Waals surface area contributed by atoms with Crippen molar-refractivity contribution in [1.29, 1.82) is 5.26 Å². The molecule has 0 fully saturated rings. The van der Waals surface area contributed by atoms with Crippen LogP contribution in [0.3, 0.4) is 0 Å². The van der Waals surface area contributed by atoms with E-state index < -0.39 is 0 Å². The van der Waals surface area contributed by atoms with Gasteiger partial charge in [-0.1, -0.05) is 18.2 Å². The van der Waals surface area contributed by atoms with Crippen LogP contribution in [0.2, 0.25) is 0 Å². The molecule has 0 radical (unpaired) electrons. The molecule has 0 amide bonds. The standard InChI is InChI=1S/C22H21N3S/c1-15-12-17(16(2)25(15)19-8-4-3-5-9-19)13-18(14-23)22-24-20-10-6-7-11-21(20)26-22/h3-5,8-9,12-13H,6-7,10-11H2,1-2H3/b18-13+. The number of thiazole rings is 1. The topological polar surface area (TPSA) is 41.6 Å². The molecular formula is C22H21N3S. The van der Waals surface area contributed by atoms with E-state index in [1.165, 1.54) is 23.4 Å². The van der Waals surface area contributed by atoms with Gasteiger partial charge in [0.1, 0.15) is 11.1 Å². The first-order valence-corrected chi connectivity index (χ1v) is 9.84.